The fourth-order valence-corrected chi connectivity index (χ4v) is 4.35. The number of hydrogen-bond donors (Lipinski definition) is 1. The lowest BCUT2D eigenvalue weighted by atomic mass is 9.60. The smallest absolute Gasteiger partial charge is 0.324 e. The number of nitriles is 1. The average Bonchev–Trinajstić information content (AvgIpc) is 2.67. The van der Waals surface area contributed by atoms with Crippen LogP contribution in [-0.4, -0.2) is 11.1 Å². The zero-order chi connectivity index (χ0) is 18.7. The van der Waals surface area contributed by atoms with Crippen molar-refractivity contribution in [1.82, 2.24) is 0 Å². The molecule has 1 fully saturated rings. The second-order valence-corrected chi connectivity index (χ2v) is 7.41. The van der Waals surface area contributed by atoms with Crippen molar-refractivity contribution in [2.45, 2.75) is 45.4 Å². The quantitative estimate of drug-likeness (QED) is 0.804. The summed E-state index contributed by atoms with van der Waals surface area (Å²) in [5.74, 6) is -1.08. The Morgan fingerprint density at radius 2 is 1.73 bits per heavy atom. The standard InChI is InChI=1S/C23H25NO2/c1-3-17-6-8-18(9-7-17)19-10-12-20(13-11-19)21-16(2)5-4-14-23(21,15-24)22(25)26/h6-13,16,21H,3-5,14H2,1-2H3,(H,25,26). The highest BCUT2D eigenvalue weighted by molar-refractivity contribution is 5.80. The minimum atomic E-state index is -1.32. The van der Waals surface area contributed by atoms with Gasteiger partial charge in [-0.15, -0.1) is 0 Å². The molecule has 1 aliphatic rings. The zero-order valence-electron chi connectivity index (χ0n) is 15.4. The second-order valence-electron chi connectivity index (χ2n) is 7.41. The number of hydrogen-bond acceptors (Lipinski definition) is 2. The lowest BCUT2D eigenvalue weighted by Crippen LogP contribution is -2.42. The van der Waals surface area contributed by atoms with Crippen LogP contribution in [0.1, 0.15) is 50.2 Å². The minimum absolute atomic E-state index is 0.175. The van der Waals surface area contributed by atoms with E-state index in [9.17, 15) is 15.2 Å². The molecule has 134 valence electrons. The molecular formula is C23H25NO2. The fourth-order valence-electron chi connectivity index (χ4n) is 4.35. The van der Waals surface area contributed by atoms with Crippen LogP contribution in [0.3, 0.4) is 0 Å². The predicted molar refractivity (Wildman–Crippen MR) is 103 cm³/mol. The van der Waals surface area contributed by atoms with Crippen LogP contribution in [0.4, 0.5) is 0 Å². The molecule has 0 heterocycles. The lowest BCUT2D eigenvalue weighted by Gasteiger charge is -2.40. The molecule has 0 radical (unpaired) electrons. The van der Waals surface area contributed by atoms with Crippen molar-refractivity contribution in [1.29, 1.82) is 5.26 Å². The highest BCUT2D eigenvalue weighted by atomic mass is 16.4. The van der Waals surface area contributed by atoms with E-state index in [0.717, 1.165) is 36.0 Å². The van der Waals surface area contributed by atoms with Crippen molar-refractivity contribution in [3.8, 4) is 17.2 Å². The number of rotatable bonds is 4. The molecule has 3 unspecified atom stereocenters. The van der Waals surface area contributed by atoms with E-state index in [1.54, 1.807) is 0 Å². The van der Waals surface area contributed by atoms with E-state index in [1.807, 2.05) is 24.3 Å². The summed E-state index contributed by atoms with van der Waals surface area (Å²) in [6.45, 7) is 4.20. The van der Waals surface area contributed by atoms with Crippen LogP contribution >= 0.6 is 0 Å². The summed E-state index contributed by atoms with van der Waals surface area (Å²) < 4.78 is 0. The van der Waals surface area contributed by atoms with Gasteiger partial charge in [-0.1, -0.05) is 68.8 Å². The first-order chi connectivity index (χ1) is 12.5. The molecule has 26 heavy (non-hydrogen) atoms. The Kier molecular flexibility index (Phi) is 5.13. The molecule has 0 bridgehead atoms. The van der Waals surface area contributed by atoms with Gasteiger partial charge in [0.05, 0.1) is 6.07 Å². The SMILES string of the molecule is CCc1ccc(-c2ccc(C3C(C)CCCC3(C#N)C(=O)O)cc2)cc1. The Morgan fingerprint density at radius 1 is 1.15 bits per heavy atom. The van der Waals surface area contributed by atoms with Gasteiger partial charge in [-0.3, -0.25) is 4.79 Å². The normalized spacial score (nSPS) is 25.4. The van der Waals surface area contributed by atoms with Gasteiger partial charge >= 0.3 is 5.97 Å². The molecule has 1 N–H and O–H groups in total. The van der Waals surface area contributed by atoms with E-state index >= 15 is 0 Å². The summed E-state index contributed by atoms with van der Waals surface area (Å²) in [5, 5.41) is 19.5. The molecular weight excluding hydrogens is 322 g/mol. The number of aliphatic carboxylic acids is 1. The number of carboxylic acids is 1. The van der Waals surface area contributed by atoms with E-state index in [-0.39, 0.29) is 11.8 Å². The molecule has 0 aliphatic heterocycles. The third kappa shape index (κ3) is 3.12. The number of aryl methyl sites for hydroxylation is 1. The number of carbonyl (C=O) groups is 1. The molecule has 2 aromatic rings. The van der Waals surface area contributed by atoms with Crippen LogP contribution in [-0.2, 0) is 11.2 Å². The summed E-state index contributed by atoms with van der Waals surface area (Å²) >= 11 is 0. The van der Waals surface area contributed by atoms with Gasteiger partial charge in [0.1, 0.15) is 0 Å². The van der Waals surface area contributed by atoms with Gasteiger partial charge in [-0.05, 0) is 47.4 Å². The largest absolute Gasteiger partial charge is 0.480 e. The molecule has 0 saturated heterocycles. The van der Waals surface area contributed by atoms with Gasteiger partial charge in [0.15, 0.2) is 5.41 Å². The van der Waals surface area contributed by atoms with E-state index in [0.29, 0.717) is 6.42 Å². The average molecular weight is 347 g/mol. The maximum absolute atomic E-state index is 12.0. The van der Waals surface area contributed by atoms with Crippen LogP contribution in [0.5, 0.6) is 0 Å². The van der Waals surface area contributed by atoms with Gasteiger partial charge in [0, 0.05) is 5.92 Å². The maximum Gasteiger partial charge on any atom is 0.324 e. The Bertz CT molecular complexity index is 817. The van der Waals surface area contributed by atoms with Crippen molar-refractivity contribution in [2.75, 3.05) is 0 Å². The third-order valence-electron chi connectivity index (χ3n) is 5.88. The van der Waals surface area contributed by atoms with Gasteiger partial charge in [0.2, 0.25) is 0 Å². The molecule has 2 aromatic carbocycles. The summed E-state index contributed by atoms with van der Waals surface area (Å²) in [6.07, 6.45) is 3.19. The second kappa shape index (κ2) is 7.33. The molecule has 0 aromatic heterocycles. The zero-order valence-corrected chi connectivity index (χ0v) is 15.4. The monoisotopic (exact) mass is 347 g/mol. The van der Waals surface area contributed by atoms with E-state index in [4.69, 9.17) is 0 Å². The van der Waals surface area contributed by atoms with Crippen LogP contribution in [0.2, 0.25) is 0 Å². The minimum Gasteiger partial charge on any atom is -0.480 e. The van der Waals surface area contributed by atoms with E-state index in [2.05, 4.69) is 44.2 Å². The van der Waals surface area contributed by atoms with Crippen molar-refractivity contribution in [2.24, 2.45) is 11.3 Å². The molecule has 3 atom stereocenters. The highest BCUT2D eigenvalue weighted by Crippen LogP contribution is 2.50. The Hall–Kier alpha value is -2.60. The molecule has 3 heteroatoms. The van der Waals surface area contributed by atoms with Gasteiger partial charge < -0.3 is 5.11 Å². The van der Waals surface area contributed by atoms with Gasteiger partial charge in [-0.2, -0.15) is 5.26 Å². The van der Waals surface area contributed by atoms with Crippen molar-refractivity contribution < 1.29 is 9.90 Å². The van der Waals surface area contributed by atoms with Crippen molar-refractivity contribution in [3.05, 3.63) is 59.7 Å². The number of carboxylic acid groups (broad SMARTS) is 1. The molecule has 3 rings (SSSR count). The predicted octanol–water partition coefficient (Wildman–Crippen LogP) is 5.41. The Balaban J connectivity index is 1.95. The first-order valence-corrected chi connectivity index (χ1v) is 9.35. The van der Waals surface area contributed by atoms with E-state index in [1.165, 1.54) is 5.56 Å². The summed E-state index contributed by atoms with van der Waals surface area (Å²) in [4.78, 5) is 12.0. The Morgan fingerprint density at radius 3 is 2.23 bits per heavy atom. The summed E-state index contributed by atoms with van der Waals surface area (Å²) in [5.41, 5.74) is 3.20. The molecule has 1 aliphatic carbocycles. The number of nitrogens with zero attached hydrogens (tertiary/aromatic N) is 1. The lowest BCUT2D eigenvalue weighted by molar-refractivity contribution is -0.149. The van der Waals surface area contributed by atoms with Crippen LogP contribution in [0.25, 0.3) is 11.1 Å². The summed E-state index contributed by atoms with van der Waals surface area (Å²) in [6, 6.07) is 18.8. The highest BCUT2D eigenvalue weighted by Gasteiger charge is 2.51. The fraction of sp³-hybridized carbons (Fsp3) is 0.391. The van der Waals surface area contributed by atoms with Crippen molar-refractivity contribution in [3.63, 3.8) is 0 Å². The molecule has 0 amide bonds. The first-order valence-electron chi connectivity index (χ1n) is 9.35. The first kappa shape index (κ1) is 18.2. The van der Waals surface area contributed by atoms with Gasteiger partial charge in [-0.25, -0.2) is 0 Å². The van der Waals surface area contributed by atoms with Crippen LogP contribution in [0.15, 0.2) is 48.5 Å². The maximum atomic E-state index is 12.0. The molecule has 3 nitrogen and oxygen atoms in total. The van der Waals surface area contributed by atoms with Crippen molar-refractivity contribution >= 4 is 5.97 Å². The van der Waals surface area contributed by atoms with Crippen LogP contribution < -0.4 is 0 Å². The number of benzene rings is 2. The molecule has 0 spiro atoms. The van der Waals surface area contributed by atoms with Crippen LogP contribution in [0, 0.1) is 22.7 Å². The van der Waals surface area contributed by atoms with E-state index < -0.39 is 11.4 Å². The topological polar surface area (TPSA) is 61.1 Å². The molecule has 1 saturated carbocycles. The Labute approximate surface area is 155 Å². The summed E-state index contributed by atoms with van der Waals surface area (Å²) in [7, 11) is 0. The van der Waals surface area contributed by atoms with Gasteiger partial charge in [0.25, 0.3) is 0 Å². The third-order valence-corrected chi connectivity index (χ3v) is 5.88.